The fourth-order valence-electron chi connectivity index (χ4n) is 3.31. The first-order chi connectivity index (χ1) is 14.5. The molecule has 0 spiro atoms. The molecule has 6 nitrogen and oxygen atoms in total. The van der Waals surface area contributed by atoms with Gasteiger partial charge in [-0.1, -0.05) is 70.4 Å². The zero-order chi connectivity index (χ0) is 22.5. The van der Waals surface area contributed by atoms with Gasteiger partial charge in [-0.25, -0.2) is 0 Å². The number of ether oxygens (including phenoxy) is 1. The van der Waals surface area contributed by atoms with Gasteiger partial charge in [-0.2, -0.15) is 0 Å². The van der Waals surface area contributed by atoms with E-state index in [1.54, 1.807) is 0 Å². The van der Waals surface area contributed by atoms with Crippen LogP contribution in [0.4, 0.5) is 0 Å². The van der Waals surface area contributed by atoms with E-state index in [1.807, 2.05) is 0 Å². The van der Waals surface area contributed by atoms with Crippen LogP contribution in [0.5, 0.6) is 0 Å². The Labute approximate surface area is 183 Å². The van der Waals surface area contributed by atoms with E-state index in [4.69, 9.17) is 14.9 Å². The van der Waals surface area contributed by atoms with E-state index in [1.165, 1.54) is 51.4 Å². The normalized spacial score (nSPS) is 14.7. The number of aliphatic hydroxyl groups is 4. The third-order valence-electron chi connectivity index (χ3n) is 5.26. The molecule has 4 N–H and O–H groups in total. The SMILES string of the molecule is CCCCCCCCC=CCCCCCCCC(=O)OC(CC(O)CO)C(O)CO. The van der Waals surface area contributed by atoms with Crippen molar-refractivity contribution in [1.29, 1.82) is 0 Å². The van der Waals surface area contributed by atoms with Gasteiger partial charge in [0, 0.05) is 12.8 Å². The highest BCUT2D eigenvalue weighted by molar-refractivity contribution is 5.69. The minimum atomic E-state index is -1.26. The van der Waals surface area contributed by atoms with Crippen molar-refractivity contribution in [1.82, 2.24) is 0 Å². The van der Waals surface area contributed by atoms with Crippen LogP contribution in [-0.2, 0) is 9.53 Å². The molecule has 0 saturated carbocycles. The fourth-order valence-corrected chi connectivity index (χ4v) is 3.31. The van der Waals surface area contributed by atoms with E-state index in [2.05, 4.69) is 19.1 Å². The highest BCUT2D eigenvalue weighted by atomic mass is 16.6. The Morgan fingerprint density at radius 1 is 0.800 bits per heavy atom. The van der Waals surface area contributed by atoms with Gasteiger partial charge < -0.3 is 25.2 Å². The highest BCUT2D eigenvalue weighted by Gasteiger charge is 2.25. The summed E-state index contributed by atoms with van der Waals surface area (Å²) in [6, 6.07) is 0. The lowest BCUT2D eigenvalue weighted by molar-refractivity contribution is -0.159. The minimum Gasteiger partial charge on any atom is -0.459 e. The van der Waals surface area contributed by atoms with Gasteiger partial charge in [-0.3, -0.25) is 4.79 Å². The quantitative estimate of drug-likeness (QED) is 0.124. The Balaban J connectivity index is 3.64. The molecule has 0 amide bonds. The number of carbonyl (C=O) groups excluding carboxylic acids is 1. The predicted octanol–water partition coefficient (Wildman–Crippen LogP) is 4.03. The summed E-state index contributed by atoms with van der Waals surface area (Å²) in [7, 11) is 0. The van der Waals surface area contributed by atoms with E-state index in [9.17, 15) is 15.0 Å². The molecule has 0 bridgehead atoms. The summed E-state index contributed by atoms with van der Waals surface area (Å²) >= 11 is 0. The van der Waals surface area contributed by atoms with Crippen LogP contribution in [-0.4, -0.2) is 57.9 Å². The lowest BCUT2D eigenvalue weighted by Gasteiger charge is -2.23. The van der Waals surface area contributed by atoms with Gasteiger partial charge in [-0.05, 0) is 32.1 Å². The maximum Gasteiger partial charge on any atom is 0.306 e. The lowest BCUT2D eigenvalue weighted by atomic mass is 10.1. The van der Waals surface area contributed by atoms with Crippen molar-refractivity contribution in [3.63, 3.8) is 0 Å². The first kappa shape index (κ1) is 29.1. The Bertz CT molecular complexity index is 413. The molecule has 0 aliphatic carbocycles. The summed E-state index contributed by atoms with van der Waals surface area (Å²) in [6.07, 6.45) is 16.8. The Morgan fingerprint density at radius 2 is 1.33 bits per heavy atom. The van der Waals surface area contributed by atoms with Gasteiger partial charge in [0.25, 0.3) is 0 Å². The average molecular weight is 431 g/mol. The van der Waals surface area contributed by atoms with Gasteiger partial charge in [0.15, 0.2) is 0 Å². The summed E-state index contributed by atoms with van der Waals surface area (Å²) in [4.78, 5) is 11.9. The van der Waals surface area contributed by atoms with Crippen molar-refractivity contribution < 1.29 is 30.0 Å². The van der Waals surface area contributed by atoms with Crippen LogP contribution in [0, 0.1) is 0 Å². The molecule has 0 aromatic rings. The van der Waals surface area contributed by atoms with Crippen molar-refractivity contribution >= 4 is 5.97 Å². The van der Waals surface area contributed by atoms with E-state index in [0.717, 1.165) is 32.1 Å². The van der Waals surface area contributed by atoms with Gasteiger partial charge in [0.2, 0.25) is 0 Å². The first-order valence-electron chi connectivity index (χ1n) is 12.0. The fraction of sp³-hybridized carbons (Fsp3) is 0.875. The number of allylic oxidation sites excluding steroid dienone is 2. The molecular formula is C24H46O6. The number of unbranched alkanes of at least 4 members (excludes halogenated alkanes) is 11. The monoisotopic (exact) mass is 430 g/mol. The molecule has 178 valence electrons. The van der Waals surface area contributed by atoms with Crippen molar-refractivity contribution in [3.05, 3.63) is 12.2 Å². The Morgan fingerprint density at radius 3 is 1.87 bits per heavy atom. The highest BCUT2D eigenvalue weighted by Crippen LogP contribution is 2.13. The van der Waals surface area contributed by atoms with E-state index in [-0.39, 0.29) is 12.8 Å². The maximum atomic E-state index is 11.9. The number of carbonyl (C=O) groups is 1. The summed E-state index contributed by atoms with van der Waals surface area (Å²) in [5.74, 6) is -0.449. The summed E-state index contributed by atoms with van der Waals surface area (Å²) in [6.45, 7) is 1.19. The van der Waals surface area contributed by atoms with Crippen molar-refractivity contribution in [3.8, 4) is 0 Å². The smallest absolute Gasteiger partial charge is 0.306 e. The molecule has 0 aliphatic heterocycles. The molecule has 0 aliphatic rings. The van der Waals surface area contributed by atoms with E-state index >= 15 is 0 Å². The molecule has 0 aromatic carbocycles. The van der Waals surface area contributed by atoms with Crippen LogP contribution in [0.15, 0.2) is 12.2 Å². The Kier molecular flexibility index (Phi) is 20.6. The van der Waals surface area contributed by atoms with Crippen molar-refractivity contribution in [2.24, 2.45) is 0 Å². The molecule has 30 heavy (non-hydrogen) atoms. The maximum absolute atomic E-state index is 11.9. The zero-order valence-electron chi connectivity index (χ0n) is 19.0. The van der Waals surface area contributed by atoms with Crippen LogP contribution in [0.2, 0.25) is 0 Å². The Hall–Kier alpha value is -0.950. The largest absolute Gasteiger partial charge is 0.459 e. The lowest BCUT2D eigenvalue weighted by Crippen LogP contribution is -2.37. The van der Waals surface area contributed by atoms with Crippen LogP contribution >= 0.6 is 0 Å². The molecule has 0 radical (unpaired) electrons. The van der Waals surface area contributed by atoms with Crippen LogP contribution in [0.25, 0.3) is 0 Å². The summed E-state index contributed by atoms with van der Waals surface area (Å²) < 4.78 is 5.17. The van der Waals surface area contributed by atoms with Crippen molar-refractivity contribution in [2.45, 2.75) is 122 Å². The average Bonchev–Trinajstić information content (AvgIpc) is 2.75. The molecule has 0 rings (SSSR count). The molecular weight excluding hydrogens is 384 g/mol. The van der Waals surface area contributed by atoms with E-state index in [0.29, 0.717) is 0 Å². The van der Waals surface area contributed by atoms with E-state index < -0.39 is 37.5 Å². The number of hydrogen-bond donors (Lipinski definition) is 4. The number of esters is 1. The third kappa shape index (κ3) is 17.9. The van der Waals surface area contributed by atoms with Gasteiger partial charge in [0.1, 0.15) is 12.2 Å². The molecule has 6 heteroatoms. The second-order valence-electron chi connectivity index (χ2n) is 8.18. The minimum absolute atomic E-state index is 0.101. The first-order valence-corrected chi connectivity index (χ1v) is 12.0. The second kappa shape index (κ2) is 21.3. The molecule has 0 saturated heterocycles. The van der Waals surface area contributed by atoms with Crippen LogP contribution in [0.1, 0.15) is 103 Å². The van der Waals surface area contributed by atoms with Crippen LogP contribution in [0.3, 0.4) is 0 Å². The van der Waals surface area contributed by atoms with Crippen molar-refractivity contribution in [2.75, 3.05) is 13.2 Å². The third-order valence-corrected chi connectivity index (χ3v) is 5.26. The standard InChI is InChI=1S/C24H46O6/c1-2-3-4-5-6-7-8-9-10-11-12-13-14-15-16-17-24(29)30-23(22(28)20-26)18-21(27)19-25/h9-10,21-23,25-28H,2-8,11-20H2,1H3. The van der Waals surface area contributed by atoms with Gasteiger partial charge in [-0.15, -0.1) is 0 Å². The number of rotatable bonds is 21. The summed E-state index contributed by atoms with van der Waals surface area (Å²) in [5, 5.41) is 37.1. The number of hydrogen-bond acceptors (Lipinski definition) is 6. The molecule has 0 aromatic heterocycles. The molecule has 0 fully saturated rings. The van der Waals surface area contributed by atoms with Gasteiger partial charge >= 0.3 is 5.97 Å². The van der Waals surface area contributed by atoms with Gasteiger partial charge in [0.05, 0.1) is 19.3 Å². The predicted molar refractivity (Wildman–Crippen MR) is 120 cm³/mol. The molecule has 3 atom stereocenters. The number of aliphatic hydroxyl groups excluding tert-OH is 4. The topological polar surface area (TPSA) is 107 Å². The zero-order valence-corrected chi connectivity index (χ0v) is 19.0. The summed E-state index contributed by atoms with van der Waals surface area (Å²) in [5.41, 5.74) is 0. The molecule has 3 unspecified atom stereocenters. The molecule has 0 heterocycles. The van der Waals surface area contributed by atoms with Crippen LogP contribution < -0.4 is 0 Å². The second-order valence-corrected chi connectivity index (χ2v) is 8.18.